The van der Waals surface area contributed by atoms with Crippen molar-refractivity contribution in [2.45, 2.75) is 40.2 Å². The second kappa shape index (κ2) is 11.8. The molecule has 1 aliphatic heterocycles. The van der Waals surface area contributed by atoms with Crippen LogP contribution < -0.4 is 5.32 Å². The Hall–Kier alpha value is -3.73. The number of ether oxygens (including phenoxy) is 1. The highest BCUT2D eigenvalue weighted by Gasteiger charge is 2.28. The summed E-state index contributed by atoms with van der Waals surface area (Å²) < 4.78 is 58.0. The van der Waals surface area contributed by atoms with E-state index in [0.717, 1.165) is 49.7 Å². The first kappa shape index (κ1) is 29.3. The van der Waals surface area contributed by atoms with E-state index in [-0.39, 0.29) is 30.4 Å². The van der Waals surface area contributed by atoms with Gasteiger partial charge in [-0.25, -0.2) is 26.6 Å². The normalized spacial score (nSPS) is 14.4. The van der Waals surface area contributed by atoms with Crippen LogP contribution in [0.25, 0.3) is 0 Å². The molecule has 0 radical (unpaired) electrons. The summed E-state index contributed by atoms with van der Waals surface area (Å²) >= 11 is 0.647. The highest BCUT2D eigenvalue weighted by Crippen LogP contribution is 2.29. The zero-order valence-electron chi connectivity index (χ0n) is 21.1. The van der Waals surface area contributed by atoms with Gasteiger partial charge in [0.2, 0.25) is 19.9 Å². The summed E-state index contributed by atoms with van der Waals surface area (Å²) in [6.07, 6.45) is 3.51. The molecule has 40 heavy (non-hydrogen) atoms. The van der Waals surface area contributed by atoms with E-state index < -0.39 is 43.3 Å². The van der Waals surface area contributed by atoms with Gasteiger partial charge in [-0.3, -0.25) is 20.2 Å². The molecular formula is C24H24N4O9S3. The number of nitrogens with one attached hydrogen (secondary N) is 1. The fourth-order valence-corrected chi connectivity index (χ4v) is 8.14. The molecule has 13 nitrogen and oxygen atoms in total. The van der Waals surface area contributed by atoms with E-state index >= 15 is 0 Å². The summed E-state index contributed by atoms with van der Waals surface area (Å²) in [5.74, 6) is -1.71. The molecule has 0 spiro atoms. The van der Waals surface area contributed by atoms with E-state index in [9.17, 15) is 36.5 Å². The number of thiazole rings is 1. The number of esters is 1. The number of piperidine rings is 1. The molecule has 1 saturated heterocycles. The van der Waals surface area contributed by atoms with Crippen LogP contribution in [0, 0.1) is 17.0 Å². The molecule has 2 aromatic carbocycles. The van der Waals surface area contributed by atoms with Gasteiger partial charge in [-0.2, -0.15) is 4.31 Å². The summed E-state index contributed by atoms with van der Waals surface area (Å²) in [5, 5.41) is 13.1. The molecule has 0 atom stereocenters. The first-order chi connectivity index (χ1) is 18.9. The second-order valence-electron chi connectivity index (χ2n) is 8.81. The summed E-state index contributed by atoms with van der Waals surface area (Å²) in [6, 6.07) is 8.45. The zero-order chi connectivity index (χ0) is 29.1. The molecule has 1 amide bonds. The van der Waals surface area contributed by atoms with Gasteiger partial charge < -0.3 is 4.74 Å². The number of hydrogen-bond acceptors (Lipinski definition) is 11. The second-order valence-corrected chi connectivity index (χ2v) is 13.9. The third-order valence-corrected chi connectivity index (χ3v) is 11.2. The van der Waals surface area contributed by atoms with Gasteiger partial charge in [-0.05, 0) is 49.6 Å². The lowest BCUT2D eigenvalue weighted by atomic mass is 10.1. The van der Waals surface area contributed by atoms with E-state index in [2.05, 4.69) is 10.3 Å². The standard InChI is InChI=1S/C24H24N4O9S3/c1-16-5-6-17(13-20(16)40(35,36)27-11-3-2-4-12-27)23(30)37-15-21(29)26-24-25-14-22(38-24)39(33,34)19-9-7-18(8-10-19)28(31)32/h5-10,13-14H,2-4,11-12,15H2,1H3,(H,25,26,29). The average Bonchev–Trinajstić information content (AvgIpc) is 3.41. The van der Waals surface area contributed by atoms with Crippen molar-refractivity contribution in [1.82, 2.24) is 9.29 Å². The summed E-state index contributed by atoms with van der Waals surface area (Å²) in [7, 11) is -7.84. The minimum atomic E-state index is -4.04. The number of nitrogens with zero attached hydrogens (tertiary/aromatic N) is 3. The predicted molar refractivity (Wildman–Crippen MR) is 143 cm³/mol. The van der Waals surface area contributed by atoms with Gasteiger partial charge in [-0.15, -0.1) is 0 Å². The molecular weight excluding hydrogens is 584 g/mol. The Balaban J connectivity index is 1.38. The Bertz CT molecular complexity index is 1660. The largest absolute Gasteiger partial charge is 0.452 e. The molecule has 0 unspecified atom stereocenters. The number of aryl methyl sites for hydroxylation is 1. The number of nitro benzene ring substituents is 1. The summed E-state index contributed by atoms with van der Waals surface area (Å²) in [5.41, 5.74) is 0.166. The van der Waals surface area contributed by atoms with Crippen molar-refractivity contribution in [3.8, 4) is 0 Å². The van der Waals surface area contributed by atoms with Gasteiger partial charge >= 0.3 is 5.97 Å². The third-order valence-electron chi connectivity index (χ3n) is 6.04. The molecule has 1 aromatic heterocycles. The number of sulfone groups is 1. The van der Waals surface area contributed by atoms with Crippen LogP contribution in [0.3, 0.4) is 0 Å². The number of carbonyl (C=O) groups excluding carboxylic acids is 2. The molecule has 16 heteroatoms. The molecule has 0 saturated carbocycles. The number of carbonyl (C=O) groups is 2. The highest BCUT2D eigenvalue weighted by molar-refractivity contribution is 7.93. The highest BCUT2D eigenvalue weighted by atomic mass is 32.2. The van der Waals surface area contributed by atoms with E-state index in [1.165, 1.54) is 22.5 Å². The van der Waals surface area contributed by atoms with Crippen molar-refractivity contribution in [1.29, 1.82) is 0 Å². The van der Waals surface area contributed by atoms with Crippen molar-refractivity contribution in [3.05, 3.63) is 69.9 Å². The van der Waals surface area contributed by atoms with Crippen LogP contribution >= 0.6 is 11.3 Å². The van der Waals surface area contributed by atoms with E-state index in [0.29, 0.717) is 30.0 Å². The number of benzene rings is 2. The Kier molecular flexibility index (Phi) is 8.62. The fourth-order valence-electron chi connectivity index (χ4n) is 3.92. The van der Waals surface area contributed by atoms with Crippen molar-refractivity contribution in [2.24, 2.45) is 0 Å². The summed E-state index contributed by atoms with van der Waals surface area (Å²) in [6.45, 7) is 1.71. The maximum atomic E-state index is 13.1. The Morgan fingerprint density at radius 3 is 2.40 bits per heavy atom. The zero-order valence-corrected chi connectivity index (χ0v) is 23.6. The monoisotopic (exact) mass is 608 g/mol. The number of amides is 1. The Morgan fingerprint density at radius 2 is 1.75 bits per heavy atom. The van der Waals surface area contributed by atoms with Crippen LogP contribution in [0.15, 0.2) is 62.7 Å². The first-order valence-electron chi connectivity index (χ1n) is 11.9. The lowest BCUT2D eigenvalue weighted by molar-refractivity contribution is -0.384. The van der Waals surface area contributed by atoms with Crippen molar-refractivity contribution in [2.75, 3.05) is 25.0 Å². The molecule has 1 N–H and O–H groups in total. The predicted octanol–water partition coefficient (Wildman–Crippen LogP) is 3.16. The molecule has 4 rings (SSSR count). The fraction of sp³-hybridized carbons (Fsp3) is 0.292. The van der Waals surface area contributed by atoms with Crippen LogP contribution in [-0.4, -0.2) is 62.6 Å². The molecule has 3 aromatic rings. The van der Waals surface area contributed by atoms with Gasteiger partial charge in [-0.1, -0.05) is 23.8 Å². The third kappa shape index (κ3) is 6.35. The van der Waals surface area contributed by atoms with Crippen LogP contribution in [0.1, 0.15) is 35.2 Å². The number of rotatable bonds is 9. The minimum absolute atomic E-state index is 0.00199. The SMILES string of the molecule is Cc1ccc(C(=O)OCC(=O)Nc2ncc(S(=O)(=O)c3ccc([N+](=O)[O-])cc3)s2)cc1S(=O)(=O)N1CCCCC1. The van der Waals surface area contributed by atoms with E-state index in [1.54, 1.807) is 6.92 Å². The van der Waals surface area contributed by atoms with E-state index in [4.69, 9.17) is 4.74 Å². The van der Waals surface area contributed by atoms with Gasteiger partial charge in [0.25, 0.3) is 11.6 Å². The van der Waals surface area contributed by atoms with Gasteiger partial charge in [0.15, 0.2) is 11.7 Å². The van der Waals surface area contributed by atoms with Gasteiger partial charge in [0, 0.05) is 25.2 Å². The van der Waals surface area contributed by atoms with Crippen LogP contribution in [-0.2, 0) is 29.4 Å². The topological polar surface area (TPSA) is 183 Å². The number of nitro groups is 1. The number of hydrogen-bond donors (Lipinski definition) is 1. The number of aromatic nitrogens is 1. The number of anilines is 1. The summed E-state index contributed by atoms with van der Waals surface area (Å²) in [4.78, 5) is 38.7. The first-order valence-corrected chi connectivity index (χ1v) is 15.7. The quantitative estimate of drug-likeness (QED) is 0.215. The van der Waals surface area contributed by atoms with Crippen molar-refractivity contribution in [3.63, 3.8) is 0 Å². The molecule has 1 fully saturated rings. The Labute approximate surface area is 233 Å². The number of non-ortho nitro benzene ring substituents is 1. The van der Waals surface area contributed by atoms with Gasteiger partial charge in [0.05, 0.1) is 26.5 Å². The van der Waals surface area contributed by atoms with Crippen LogP contribution in [0.4, 0.5) is 10.8 Å². The molecule has 0 bridgehead atoms. The van der Waals surface area contributed by atoms with Gasteiger partial charge in [0.1, 0.15) is 4.21 Å². The van der Waals surface area contributed by atoms with Crippen molar-refractivity contribution >= 4 is 53.9 Å². The molecule has 1 aliphatic rings. The maximum Gasteiger partial charge on any atom is 0.338 e. The smallest absolute Gasteiger partial charge is 0.338 e. The lowest BCUT2D eigenvalue weighted by Gasteiger charge is -2.26. The molecule has 2 heterocycles. The van der Waals surface area contributed by atoms with E-state index in [1.807, 2.05) is 0 Å². The lowest BCUT2D eigenvalue weighted by Crippen LogP contribution is -2.36. The Morgan fingerprint density at radius 1 is 1.07 bits per heavy atom. The minimum Gasteiger partial charge on any atom is -0.452 e. The number of sulfonamides is 1. The van der Waals surface area contributed by atoms with Crippen LogP contribution in [0.2, 0.25) is 0 Å². The molecule has 0 aliphatic carbocycles. The van der Waals surface area contributed by atoms with Crippen molar-refractivity contribution < 1.29 is 36.1 Å². The maximum absolute atomic E-state index is 13.1. The molecule has 212 valence electrons. The van der Waals surface area contributed by atoms with Crippen LogP contribution in [0.5, 0.6) is 0 Å². The average molecular weight is 609 g/mol.